The third kappa shape index (κ3) is 7.40. The molecule has 0 bridgehead atoms. The SMILES string of the molecule is CC(C)C=CC=CCOC(=O)N(C)C. The Morgan fingerprint density at radius 2 is 2.00 bits per heavy atom. The molecule has 0 aromatic heterocycles. The predicted molar refractivity (Wildman–Crippen MR) is 58.2 cm³/mol. The van der Waals surface area contributed by atoms with Gasteiger partial charge in [-0.1, -0.05) is 32.1 Å². The molecule has 0 saturated carbocycles. The summed E-state index contributed by atoms with van der Waals surface area (Å²) in [5, 5.41) is 0. The zero-order valence-electron chi connectivity index (χ0n) is 9.36. The number of nitrogens with zero attached hydrogens (tertiary/aromatic N) is 1. The molecule has 0 unspecified atom stereocenters. The summed E-state index contributed by atoms with van der Waals surface area (Å²) in [7, 11) is 3.31. The van der Waals surface area contributed by atoms with Crippen LogP contribution in [0.1, 0.15) is 13.8 Å². The molecule has 0 rings (SSSR count). The van der Waals surface area contributed by atoms with Gasteiger partial charge in [0, 0.05) is 14.1 Å². The summed E-state index contributed by atoms with van der Waals surface area (Å²) in [5.41, 5.74) is 0. The van der Waals surface area contributed by atoms with Gasteiger partial charge in [0.2, 0.25) is 0 Å². The van der Waals surface area contributed by atoms with Gasteiger partial charge in [-0.05, 0) is 12.0 Å². The molecule has 0 fully saturated rings. The molecule has 0 aliphatic heterocycles. The lowest BCUT2D eigenvalue weighted by molar-refractivity contribution is 0.129. The van der Waals surface area contributed by atoms with Crippen LogP contribution in [0.5, 0.6) is 0 Å². The van der Waals surface area contributed by atoms with E-state index in [1.54, 1.807) is 20.2 Å². The molecule has 0 atom stereocenters. The minimum Gasteiger partial charge on any atom is -0.445 e. The Balaban J connectivity index is 3.59. The fraction of sp³-hybridized carbons (Fsp3) is 0.545. The largest absolute Gasteiger partial charge is 0.445 e. The van der Waals surface area contributed by atoms with E-state index in [4.69, 9.17) is 4.74 Å². The lowest BCUT2D eigenvalue weighted by Gasteiger charge is -2.08. The maximum absolute atomic E-state index is 10.9. The average Bonchev–Trinajstić information content (AvgIpc) is 2.09. The van der Waals surface area contributed by atoms with Crippen LogP contribution in [0.2, 0.25) is 0 Å². The molecule has 14 heavy (non-hydrogen) atoms. The molecule has 0 N–H and O–H groups in total. The molecule has 0 aliphatic rings. The van der Waals surface area contributed by atoms with Crippen molar-refractivity contribution in [2.45, 2.75) is 13.8 Å². The van der Waals surface area contributed by atoms with Crippen molar-refractivity contribution < 1.29 is 9.53 Å². The summed E-state index contributed by atoms with van der Waals surface area (Å²) in [6, 6.07) is 0. The van der Waals surface area contributed by atoms with Gasteiger partial charge in [-0.15, -0.1) is 0 Å². The first-order valence-electron chi connectivity index (χ1n) is 4.71. The quantitative estimate of drug-likeness (QED) is 0.648. The highest BCUT2D eigenvalue weighted by molar-refractivity contribution is 5.66. The van der Waals surface area contributed by atoms with E-state index in [-0.39, 0.29) is 6.09 Å². The molecule has 0 heterocycles. The van der Waals surface area contributed by atoms with Crippen LogP contribution in [0.3, 0.4) is 0 Å². The number of carbonyl (C=O) groups excluding carboxylic acids is 1. The highest BCUT2D eigenvalue weighted by Crippen LogP contribution is 1.93. The summed E-state index contributed by atoms with van der Waals surface area (Å²) in [4.78, 5) is 12.3. The van der Waals surface area contributed by atoms with Gasteiger partial charge in [-0.2, -0.15) is 0 Å². The van der Waals surface area contributed by atoms with Crippen LogP contribution in [0.15, 0.2) is 24.3 Å². The van der Waals surface area contributed by atoms with Crippen molar-refractivity contribution in [2.24, 2.45) is 5.92 Å². The molecular weight excluding hydrogens is 178 g/mol. The van der Waals surface area contributed by atoms with Gasteiger partial charge < -0.3 is 9.64 Å². The first-order valence-corrected chi connectivity index (χ1v) is 4.71. The fourth-order valence-corrected chi connectivity index (χ4v) is 0.669. The number of hydrogen-bond donors (Lipinski definition) is 0. The Hall–Kier alpha value is -1.25. The van der Waals surface area contributed by atoms with E-state index in [0.29, 0.717) is 12.5 Å². The number of hydrogen-bond acceptors (Lipinski definition) is 2. The molecule has 0 aromatic carbocycles. The topological polar surface area (TPSA) is 29.5 Å². The molecule has 0 saturated heterocycles. The van der Waals surface area contributed by atoms with Crippen molar-refractivity contribution in [3.63, 3.8) is 0 Å². The molecule has 0 aliphatic carbocycles. The number of rotatable bonds is 4. The normalized spacial score (nSPS) is 11.5. The molecule has 0 radical (unpaired) electrons. The number of amides is 1. The van der Waals surface area contributed by atoms with Gasteiger partial charge in [-0.3, -0.25) is 0 Å². The van der Waals surface area contributed by atoms with Gasteiger partial charge in [0.1, 0.15) is 6.61 Å². The van der Waals surface area contributed by atoms with Crippen molar-refractivity contribution in [1.29, 1.82) is 0 Å². The summed E-state index contributed by atoms with van der Waals surface area (Å²) in [5.74, 6) is 0.545. The van der Waals surface area contributed by atoms with Gasteiger partial charge in [0.15, 0.2) is 0 Å². The zero-order chi connectivity index (χ0) is 11.0. The molecule has 3 heteroatoms. The molecule has 0 spiro atoms. The van der Waals surface area contributed by atoms with Crippen LogP contribution >= 0.6 is 0 Å². The maximum Gasteiger partial charge on any atom is 0.409 e. The maximum atomic E-state index is 10.9. The van der Waals surface area contributed by atoms with Crippen LogP contribution in [0.25, 0.3) is 0 Å². The van der Waals surface area contributed by atoms with E-state index < -0.39 is 0 Å². The lowest BCUT2D eigenvalue weighted by atomic mass is 10.2. The van der Waals surface area contributed by atoms with E-state index in [1.807, 2.05) is 12.2 Å². The van der Waals surface area contributed by atoms with Crippen LogP contribution < -0.4 is 0 Å². The van der Waals surface area contributed by atoms with Gasteiger partial charge in [0.25, 0.3) is 0 Å². The Bertz CT molecular complexity index is 217. The van der Waals surface area contributed by atoms with Crippen molar-refractivity contribution in [1.82, 2.24) is 4.90 Å². The third-order valence-corrected chi connectivity index (χ3v) is 1.41. The zero-order valence-corrected chi connectivity index (χ0v) is 9.36. The first kappa shape index (κ1) is 12.8. The predicted octanol–water partition coefficient (Wildman–Crippen LogP) is 2.45. The minimum absolute atomic E-state index is 0.317. The van der Waals surface area contributed by atoms with E-state index in [1.165, 1.54) is 4.90 Å². The van der Waals surface area contributed by atoms with Crippen molar-refractivity contribution in [2.75, 3.05) is 20.7 Å². The molecular formula is C11H19NO2. The highest BCUT2D eigenvalue weighted by Gasteiger charge is 2.00. The standard InChI is InChI=1S/C11H19NO2/c1-10(2)8-6-5-7-9-14-11(13)12(3)4/h5-8,10H,9H2,1-4H3. The second kappa shape index (κ2) is 7.18. The number of carbonyl (C=O) groups is 1. The average molecular weight is 197 g/mol. The van der Waals surface area contributed by atoms with E-state index in [2.05, 4.69) is 19.9 Å². The lowest BCUT2D eigenvalue weighted by Crippen LogP contribution is -2.22. The second-order valence-corrected chi connectivity index (χ2v) is 3.53. The van der Waals surface area contributed by atoms with Crippen LogP contribution in [-0.2, 0) is 4.74 Å². The molecule has 1 amide bonds. The van der Waals surface area contributed by atoms with Crippen LogP contribution in [0, 0.1) is 5.92 Å². The van der Waals surface area contributed by atoms with Crippen molar-refractivity contribution >= 4 is 6.09 Å². The fourth-order valence-electron chi connectivity index (χ4n) is 0.669. The summed E-state index contributed by atoms with van der Waals surface area (Å²) >= 11 is 0. The van der Waals surface area contributed by atoms with Crippen molar-refractivity contribution in [3.05, 3.63) is 24.3 Å². The third-order valence-electron chi connectivity index (χ3n) is 1.41. The molecule has 0 aromatic rings. The number of ether oxygens (including phenoxy) is 1. The van der Waals surface area contributed by atoms with Gasteiger partial charge in [0.05, 0.1) is 0 Å². The number of allylic oxidation sites excluding steroid dienone is 3. The van der Waals surface area contributed by atoms with Crippen LogP contribution in [-0.4, -0.2) is 31.7 Å². The Labute approximate surface area is 86.0 Å². The smallest absolute Gasteiger partial charge is 0.409 e. The van der Waals surface area contributed by atoms with E-state index in [0.717, 1.165) is 0 Å². The van der Waals surface area contributed by atoms with Gasteiger partial charge in [-0.25, -0.2) is 4.79 Å². The highest BCUT2D eigenvalue weighted by atomic mass is 16.5. The summed E-state index contributed by atoms with van der Waals surface area (Å²) in [6.07, 6.45) is 7.39. The molecule has 3 nitrogen and oxygen atoms in total. The Kier molecular flexibility index (Phi) is 6.54. The Morgan fingerprint density at radius 3 is 2.50 bits per heavy atom. The first-order chi connectivity index (χ1) is 6.54. The summed E-state index contributed by atoms with van der Waals surface area (Å²) < 4.78 is 4.88. The molecule has 80 valence electrons. The second-order valence-electron chi connectivity index (χ2n) is 3.53. The van der Waals surface area contributed by atoms with Gasteiger partial charge >= 0.3 is 6.09 Å². The van der Waals surface area contributed by atoms with Crippen LogP contribution in [0.4, 0.5) is 4.79 Å². The minimum atomic E-state index is -0.317. The van der Waals surface area contributed by atoms with E-state index >= 15 is 0 Å². The van der Waals surface area contributed by atoms with Crippen molar-refractivity contribution in [3.8, 4) is 0 Å². The van der Waals surface area contributed by atoms with E-state index in [9.17, 15) is 4.79 Å². The Morgan fingerprint density at radius 1 is 1.36 bits per heavy atom. The summed E-state index contributed by atoms with van der Waals surface area (Å²) in [6.45, 7) is 4.53. The monoisotopic (exact) mass is 197 g/mol.